The Morgan fingerprint density at radius 1 is 1.13 bits per heavy atom. The molecule has 0 bridgehead atoms. The van der Waals surface area contributed by atoms with E-state index < -0.39 is 40.5 Å². The third-order valence-corrected chi connectivity index (χ3v) is 4.57. The third kappa shape index (κ3) is 4.77. The van der Waals surface area contributed by atoms with Gasteiger partial charge in [0.1, 0.15) is 23.0 Å². The Morgan fingerprint density at radius 3 is 2.45 bits per heavy atom. The molecule has 7 nitrogen and oxygen atoms in total. The lowest BCUT2D eigenvalue weighted by Gasteiger charge is -2.22. The molecule has 0 aliphatic carbocycles. The average molecular weight is 423 g/mol. The molecule has 3 aromatic rings. The van der Waals surface area contributed by atoms with Gasteiger partial charge in [-0.15, -0.1) is 0 Å². The molecule has 0 fully saturated rings. The number of aryl methyl sites for hydroxylation is 1. The molecule has 31 heavy (non-hydrogen) atoms. The SMILES string of the molecule is Cc1cccc(-c2cccc3c(O)c(C(=O)N[C@@H](C)C(=O)OC(C)(C)C)c(=O)oc23)c1. The number of carbonyl (C=O) groups is 2. The molecule has 7 heteroatoms. The summed E-state index contributed by atoms with van der Waals surface area (Å²) >= 11 is 0. The molecule has 0 aliphatic heterocycles. The Labute approximate surface area is 179 Å². The van der Waals surface area contributed by atoms with Crippen molar-refractivity contribution in [2.45, 2.75) is 46.3 Å². The van der Waals surface area contributed by atoms with Crippen molar-refractivity contribution in [2.75, 3.05) is 0 Å². The van der Waals surface area contributed by atoms with Crippen LogP contribution in [0.1, 0.15) is 43.6 Å². The van der Waals surface area contributed by atoms with Gasteiger partial charge in [-0.3, -0.25) is 4.79 Å². The van der Waals surface area contributed by atoms with Gasteiger partial charge in [0.05, 0.1) is 5.39 Å². The zero-order chi connectivity index (χ0) is 22.9. The topological polar surface area (TPSA) is 106 Å². The minimum atomic E-state index is -1.03. The molecule has 0 saturated heterocycles. The molecule has 0 saturated carbocycles. The van der Waals surface area contributed by atoms with Gasteiger partial charge in [0.2, 0.25) is 0 Å². The van der Waals surface area contributed by atoms with Crippen molar-refractivity contribution < 1.29 is 23.8 Å². The Hall–Kier alpha value is -3.61. The van der Waals surface area contributed by atoms with Gasteiger partial charge in [0, 0.05) is 5.56 Å². The molecule has 1 heterocycles. The first kappa shape index (κ1) is 22.1. The van der Waals surface area contributed by atoms with Crippen LogP contribution in [0.15, 0.2) is 51.7 Å². The Morgan fingerprint density at radius 2 is 1.81 bits per heavy atom. The number of esters is 1. The second kappa shape index (κ2) is 8.26. The van der Waals surface area contributed by atoms with E-state index in [1.54, 1.807) is 39.0 Å². The maximum Gasteiger partial charge on any atom is 0.353 e. The number of benzene rings is 2. The highest BCUT2D eigenvalue weighted by atomic mass is 16.6. The third-order valence-electron chi connectivity index (χ3n) is 4.57. The highest BCUT2D eigenvalue weighted by molar-refractivity contribution is 6.05. The number of ether oxygens (including phenoxy) is 1. The number of carbonyl (C=O) groups excluding carboxylic acids is 2. The minimum Gasteiger partial charge on any atom is -0.506 e. The molecule has 0 aliphatic rings. The van der Waals surface area contributed by atoms with Crippen molar-refractivity contribution in [1.82, 2.24) is 5.32 Å². The molecule has 162 valence electrons. The number of amides is 1. The lowest BCUT2D eigenvalue weighted by atomic mass is 10.00. The molecule has 1 aromatic heterocycles. The van der Waals surface area contributed by atoms with Crippen LogP contribution in [-0.2, 0) is 9.53 Å². The zero-order valence-electron chi connectivity index (χ0n) is 18.1. The molecule has 0 radical (unpaired) electrons. The van der Waals surface area contributed by atoms with Crippen molar-refractivity contribution in [3.8, 4) is 16.9 Å². The van der Waals surface area contributed by atoms with Gasteiger partial charge in [-0.05, 0) is 46.2 Å². The fourth-order valence-electron chi connectivity index (χ4n) is 3.17. The standard InChI is InChI=1S/C24H25NO6/c1-13-8-6-9-15(12-13)16-10-7-11-17-19(26)18(23(29)30-20(16)17)21(27)25-14(2)22(28)31-24(3,4)5/h6-12,14,26H,1-5H3,(H,25,27)/t14-/m0/s1. The summed E-state index contributed by atoms with van der Waals surface area (Å²) in [5.74, 6) is -2.09. The molecule has 3 rings (SSSR count). The minimum absolute atomic E-state index is 0.173. The normalized spacial score (nSPS) is 12.4. The molecule has 2 aromatic carbocycles. The first-order valence-corrected chi connectivity index (χ1v) is 9.87. The van der Waals surface area contributed by atoms with Crippen LogP contribution >= 0.6 is 0 Å². The van der Waals surface area contributed by atoms with Crippen molar-refractivity contribution in [1.29, 1.82) is 0 Å². The van der Waals surface area contributed by atoms with Crippen molar-refractivity contribution in [2.24, 2.45) is 0 Å². The average Bonchev–Trinajstić information content (AvgIpc) is 2.66. The number of hydrogen-bond acceptors (Lipinski definition) is 6. The van der Waals surface area contributed by atoms with Crippen LogP contribution in [0.4, 0.5) is 0 Å². The predicted molar refractivity (Wildman–Crippen MR) is 117 cm³/mol. The van der Waals surface area contributed by atoms with Gasteiger partial charge < -0.3 is 19.6 Å². The quantitative estimate of drug-likeness (QED) is 0.486. The molecule has 1 amide bonds. The van der Waals surface area contributed by atoms with Crippen LogP contribution in [0.2, 0.25) is 0 Å². The van der Waals surface area contributed by atoms with Gasteiger partial charge in [-0.2, -0.15) is 0 Å². The highest BCUT2D eigenvalue weighted by Gasteiger charge is 2.27. The van der Waals surface area contributed by atoms with Crippen LogP contribution in [0, 0.1) is 6.92 Å². The van der Waals surface area contributed by atoms with Crippen LogP contribution < -0.4 is 10.9 Å². The van der Waals surface area contributed by atoms with E-state index >= 15 is 0 Å². The number of rotatable bonds is 4. The van der Waals surface area contributed by atoms with Gasteiger partial charge in [0.15, 0.2) is 5.56 Å². The van der Waals surface area contributed by atoms with Gasteiger partial charge in [0.25, 0.3) is 5.91 Å². The smallest absolute Gasteiger partial charge is 0.353 e. The fraction of sp³-hybridized carbons (Fsp3) is 0.292. The maximum atomic E-state index is 12.7. The van der Waals surface area contributed by atoms with E-state index in [-0.39, 0.29) is 11.0 Å². The Bertz CT molecular complexity index is 1220. The second-order valence-electron chi connectivity index (χ2n) is 8.39. The van der Waals surface area contributed by atoms with E-state index in [1.165, 1.54) is 6.92 Å². The first-order chi connectivity index (χ1) is 14.5. The van der Waals surface area contributed by atoms with Gasteiger partial charge in [-0.25, -0.2) is 9.59 Å². The number of fused-ring (bicyclic) bond motifs is 1. The second-order valence-corrected chi connectivity index (χ2v) is 8.39. The van der Waals surface area contributed by atoms with E-state index in [9.17, 15) is 19.5 Å². The Kier molecular flexibility index (Phi) is 5.88. The number of hydrogen-bond donors (Lipinski definition) is 2. The maximum absolute atomic E-state index is 12.7. The Balaban J connectivity index is 2.01. The van der Waals surface area contributed by atoms with Crippen LogP contribution in [0.3, 0.4) is 0 Å². The van der Waals surface area contributed by atoms with Crippen molar-refractivity contribution in [3.05, 3.63) is 64.0 Å². The van der Waals surface area contributed by atoms with Crippen molar-refractivity contribution in [3.63, 3.8) is 0 Å². The van der Waals surface area contributed by atoms with E-state index in [1.807, 2.05) is 31.2 Å². The van der Waals surface area contributed by atoms with Crippen LogP contribution in [0.5, 0.6) is 5.75 Å². The summed E-state index contributed by atoms with van der Waals surface area (Å²) < 4.78 is 10.7. The van der Waals surface area contributed by atoms with E-state index in [4.69, 9.17) is 9.15 Å². The molecule has 2 N–H and O–H groups in total. The van der Waals surface area contributed by atoms with Crippen molar-refractivity contribution >= 4 is 22.8 Å². The van der Waals surface area contributed by atoms with Crippen LogP contribution in [0.25, 0.3) is 22.1 Å². The molecule has 0 unspecified atom stereocenters. The summed E-state index contributed by atoms with van der Waals surface area (Å²) in [5.41, 5.74) is 0.322. The highest BCUT2D eigenvalue weighted by Crippen LogP contribution is 2.34. The first-order valence-electron chi connectivity index (χ1n) is 9.87. The van der Waals surface area contributed by atoms with Gasteiger partial charge in [-0.1, -0.05) is 42.0 Å². The molecule has 1 atom stereocenters. The largest absolute Gasteiger partial charge is 0.506 e. The summed E-state index contributed by atoms with van der Waals surface area (Å²) in [6, 6.07) is 11.6. The number of para-hydroxylation sites is 1. The number of aromatic hydroxyl groups is 1. The lowest BCUT2D eigenvalue weighted by molar-refractivity contribution is -0.156. The predicted octanol–water partition coefficient (Wildman–Crippen LogP) is 3.93. The molecular weight excluding hydrogens is 398 g/mol. The summed E-state index contributed by atoms with van der Waals surface area (Å²) in [4.78, 5) is 37.4. The molecular formula is C24H25NO6. The summed E-state index contributed by atoms with van der Waals surface area (Å²) in [5, 5.41) is 13.3. The van der Waals surface area contributed by atoms with E-state index in [2.05, 4.69) is 5.32 Å². The summed E-state index contributed by atoms with van der Waals surface area (Å²) in [7, 11) is 0. The van der Waals surface area contributed by atoms with Gasteiger partial charge >= 0.3 is 11.6 Å². The van der Waals surface area contributed by atoms with E-state index in [0.717, 1.165) is 11.1 Å². The summed E-state index contributed by atoms with van der Waals surface area (Å²) in [6.45, 7) is 8.48. The van der Waals surface area contributed by atoms with E-state index in [0.29, 0.717) is 5.56 Å². The number of nitrogens with one attached hydrogen (secondary N) is 1. The van der Waals surface area contributed by atoms with Crippen LogP contribution in [-0.4, -0.2) is 28.6 Å². The molecule has 0 spiro atoms. The fourth-order valence-corrected chi connectivity index (χ4v) is 3.17. The summed E-state index contributed by atoms with van der Waals surface area (Å²) in [6.07, 6.45) is 0. The zero-order valence-corrected chi connectivity index (χ0v) is 18.1. The monoisotopic (exact) mass is 423 g/mol. The lowest BCUT2D eigenvalue weighted by Crippen LogP contribution is -2.43.